The first-order valence-corrected chi connectivity index (χ1v) is 10.1. The molecule has 0 radical (unpaired) electrons. The molecule has 7 heteroatoms. The van der Waals surface area contributed by atoms with Crippen LogP contribution < -0.4 is 10.3 Å². The van der Waals surface area contributed by atoms with Crippen molar-refractivity contribution < 1.29 is 9.13 Å². The van der Waals surface area contributed by atoms with E-state index in [1.165, 1.54) is 23.5 Å². The second-order valence-electron chi connectivity index (χ2n) is 6.73. The number of nitrogens with zero attached hydrogens (tertiary/aromatic N) is 3. The molecule has 0 aliphatic carbocycles. The van der Waals surface area contributed by atoms with Crippen LogP contribution in [0.3, 0.4) is 0 Å². The lowest BCUT2D eigenvalue weighted by Gasteiger charge is -2.16. The lowest BCUT2D eigenvalue weighted by atomic mass is 10.2. The van der Waals surface area contributed by atoms with Crippen LogP contribution in [0.1, 0.15) is 5.69 Å². The largest absolute Gasteiger partial charge is 0.492 e. The van der Waals surface area contributed by atoms with Crippen LogP contribution in [0.4, 0.5) is 4.39 Å². The number of benzene rings is 2. The third kappa shape index (κ3) is 4.52. The molecule has 4 aromatic rings. The Bertz CT molecular complexity index is 1160. The summed E-state index contributed by atoms with van der Waals surface area (Å²) in [5, 5.41) is 1.96. The predicted molar refractivity (Wildman–Crippen MR) is 113 cm³/mol. The molecule has 0 N–H and O–H groups in total. The molecule has 148 valence electrons. The number of hydrogen-bond donors (Lipinski definition) is 0. The van der Waals surface area contributed by atoms with E-state index in [1.54, 1.807) is 22.6 Å². The van der Waals surface area contributed by atoms with E-state index in [4.69, 9.17) is 4.74 Å². The van der Waals surface area contributed by atoms with Crippen LogP contribution in [-0.4, -0.2) is 34.5 Å². The summed E-state index contributed by atoms with van der Waals surface area (Å²) in [7, 11) is 1.95. The fourth-order valence-corrected chi connectivity index (χ4v) is 3.98. The average molecular weight is 409 g/mol. The number of likely N-dealkylation sites (N-methyl/N-ethyl adjacent to an activating group) is 1. The first kappa shape index (κ1) is 19.3. The van der Waals surface area contributed by atoms with Crippen LogP contribution in [0.15, 0.2) is 70.8 Å². The van der Waals surface area contributed by atoms with Gasteiger partial charge < -0.3 is 4.74 Å². The van der Waals surface area contributed by atoms with E-state index in [0.717, 1.165) is 17.0 Å². The van der Waals surface area contributed by atoms with Gasteiger partial charge in [0.15, 0.2) is 4.96 Å². The molecule has 0 aliphatic heterocycles. The Kier molecular flexibility index (Phi) is 5.69. The van der Waals surface area contributed by atoms with Crippen LogP contribution in [0, 0.1) is 5.82 Å². The van der Waals surface area contributed by atoms with E-state index in [-0.39, 0.29) is 11.4 Å². The molecule has 0 bridgehead atoms. The van der Waals surface area contributed by atoms with E-state index < -0.39 is 0 Å². The number of ether oxygens (including phenoxy) is 1. The van der Waals surface area contributed by atoms with Crippen molar-refractivity contribution in [2.45, 2.75) is 6.54 Å². The highest BCUT2D eigenvalue weighted by atomic mass is 32.1. The number of aromatic nitrogens is 2. The number of rotatable bonds is 7. The zero-order valence-electron chi connectivity index (χ0n) is 15.9. The Balaban J connectivity index is 1.43. The van der Waals surface area contributed by atoms with Crippen molar-refractivity contribution in [2.24, 2.45) is 0 Å². The number of hydrogen-bond acceptors (Lipinski definition) is 5. The molecule has 0 saturated carbocycles. The molecule has 0 spiro atoms. The summed E-state index contributed by atoms with van der Waals surface area (Å²) < 4.78 is 20.2. The summed E-state index contributed by atoms with van der Waals surface area (Å²) in [5.41, 5.74) is 2.49. The van der Waals surface area contributed by atoms with Gasteiger partial charge in [-0.2, -0.15) is 0 Å². The Labute approximate surface area is 171 Å². The average Bonchev–Trinajstić information content (AvgIpc) is 3.15. The van der Waals surface area contributed by atoms with Gasteiger partial charge in [0.1, 0.15) is 18.2 Å². The van der Waals surface area contributed by atoms with Crippen LogP contribution in [0.25, 0.3) is 16.2 Å². The third-order valence-corrected chi connectivity index (χ3v) is 5.34. The Morgan fingerprint density at radius 1 is 1.14 bits per heavy atom. The van der Waals surface area contributed by atoms with Crippen LogP contribution >= 0.6 is 11.3 Å². The second-order valence-corrected chi connectivity index (χ2v) is 7.57. The maximum atomic E-state index is 12.9. The molecular weight excluding hydrogens is 389 g/mol. The predicted octanol–water partition coefficient (Wildman–Crippen LogP) is 4.07. The van der Waals surface area contributed by atoms with Crippen molar-refractivity contribution in [1.82, 2.24) is 14.3 Å². The highest BCUT2D eigenvalue weighted by molar-refractivity contribution is 7.15. The molecule has 0 saturated heterocycles. The van der Waals surface area contributed by atoms with Gasteiger partial charge in [-0.15, -0.1) is 11.3 Å². The quantitative estimate of drug-likeness (QED) is 0.462. The van der Waals surface area contributed by atoms with Crippen molar-refractivity contribution in [3.05, 3.63) is 87.9 Å². The second kappa shape index (κ2) is 8.55. The van der Waals surface area contributed by atoms with Crippen molar-refractivity contribution in [2.75, 3.05) is 20.2 Å². The molecule has 5 nitrogen and oxygen atoms in total. The summed E-state index contributed by atoms with van der Waals surface area (Å²) in [6, 6.07) is 17.4. The molecule has 29 heavy (non-hydrogen) atoms. The molecule has 0 atom stereocenters. The molecule has 0 aliphatic rings. The zero-order chi connectivity index (χ0) is 20.2. The molecule has 0 unspecified atom stereocenters. The number of thiazole rings is 1. The first-order chi connectivity index (χ1) is 14.1. The van der Waals surface area contributed by atoms with Gasteiger partial charge in [-0.1, -0.05) is 30.3 Å². The maximum Gasteiger partial charge on any atom is 0.259 e. The molecular formula is C22H20FN3O2S. The fourth-order valence-electron chi connectivity index (χ4n) is 3.06. The Morgan fingerprint density at radius 2 is 1.90 bits per heavy atom. The molecule has 0 fully saturated rings. The van der Waals surface area contributed by atoms with Crippen LogP contribution in [0.5, 0.6) is 5.75 Å². The fraction of sp³-hybridized carbons (Fsp3) is 0.182. The smallest absolute Gasteiger partial charge is 0.259 e. The van der Waals surface area contributed by atoms with Crippen molar-refractivity contribution >= 4 is 16.3 Å². The van der Waals surface area contributed by atoms with E-state index in [1.807, 2.05) is 47.7 Å². The van der Waals surface area contributed by atoms with E-state index in [9.17, 15) is 9.18 Å². The van der Waals surface area contributed by atoms with Crippen LogP contribution in [-0.2, 0) is 6.54 Å². The van der Waals surface area contributed by atoms with Gasteiger partial charge in [-0.25, -0.2) is 9.37 Å². The highest BCUT2D eigenvalue weighted by Crippen LogP contribution is 2.23. The van der Waals surface area contributed by atoms with Gasteiger partial charge in [-0.05, 0) is 36.9 Å². The lowest BCUT2D eigenvalue weighted by molar-refractivity contribution is 0.231. The normalized spacial score (nSPS) is 11.3. The zero-order valence-corrected chi connectivity index (χ0v) is 16.7. The van der Waals surface area contributed by atoms with Crippen LogP contribution in [0.2, 0.25) is 0 Å². The van der Waals surface area contributed by atoms with E-state index in [2.05, 4.69) is 4.98 Å². The van der Waals surface area contributed by atoms with Gasteiger partial charge in [0.05, 0.1) is 11.4 Å². The summed E-state index contributed by atoms with van der Waals surface area (Å²) in [4.78, 5) is 20.1. The summed E-state index contributed by atoms with van der Waals surface area (Å²) in [6.45, 7) is 1.65. The van der Waals surface area contributed by atoms with Gasteiger partial charge in [0, 0.05) is 24.5 Å². The number of halogens is 1. The first-order valence-electron chi connectivity index (χ1n) is 9.23. The van der Waals surface area contributed by atoms with E-state index in [0.29, 0.717) is 30.4 Å². The highest BCUT2D eigenvalue weighted by Gasteiger charge is 2.12. The monoisotopic (exact) mass is 409 g/mol. The minimum atomic E-state index is -0.286. The minimum absolute atomic E-state index is 0.0823. The summed E-state index contributed by atoms with van der Waals surface area (Å²) in [6.07, 6.45) is 0. The molecule has 2 aromatic heterocycles. The molecule has 2 heterocycles. The molecule has 4 rings (SSSR count). The minimum Gasteiger partial charge on any atom is -0.492 e. The molecule has 2 aromatic carbocycles. The lowest BCUT2D eigenvalue weighted by Crippen LogP contribution is -2.25. The van der Waals surface area contributed by atoms with Crippen molar-refractivity contribution in [1.29, 1.82) is 0 Å². The summed E-state index contributed by atoms with van der Waals surface area (Å²) >= 11 is 1.46. The topological polar surface area (TPSA) is 46.8 Å². The third-order valence-electron chi connectivity index (χ3n) is 4.51. The van der Waals surface area contributed by atoms with Gasteiger partial charge in [-0.3, -0.25) is 14.1 Å². The Morgan fingerprint density at radius 3 is 2.66 bits per heavy atom. The van der Waals surface area contributed by atoms with Gasteiger partial charge in [0.2, 0.25) is 0 Å². The Hall–Kier alpha value is -3.03. The standard InChI is InChI=1S/C22H20FN3O2S/c1-25(11-12-28-19-9-7-17(23)8-10-19)14-18-13-21(27)26-20(15-29-22(26)24-18)16-5-3-2-4-6-16/h2-10,13,15H,11-12,14H2,1H3. The maximum absolute atomic E-state index is 12.9. The molecule has 0 amide bonds. The van der Waals surface area contributed by atoms with Gasteiger partial charge in [0.25, 0.3) is 5.56 Å². The SMILES string of the molecule is CN(CCOc1ccc(F)cc1)Cc1cc(=O)n2c(-c3ccccc3)csc2n1. The number of fused-ring (bicyclic) bond motifs is 1. The van der Waals surface area contributed by atoms with E-state index >= 15 is 0 Å². The summed E-state index contributed by atoms with van der Waals surface area (Å²) in [5.74, 6) is 0.343. The van der Waals surface area contributed by atoms with Crippen molar-refractivity contribution in [3.8, 4) is 17.0 Å². The van der Waals surface area contributed by atoms with Crippen molar-refractivity contribution in [3.63, 3.8) is 0 Å². The van der Waals surface area contributed by atoms with Gasteiger partial charge >= 0.3 is 0 Å².